The third-order valence-corrected chi connectivity index (χ3v) is 4.22. The van der Waals surface area contributed by atoms with E-state index in [-0.39, 0.29) is 17.4 Å². The number of aromatic nitrogens is 2. The first-order valence-corrected chi connectivity index (χ1v) is 9.09. The molecule has 0 spiro atoms. The molecule has 8 nitrogen and oxygen atoms in total. The molecule has 0 aliphatic carbocycles. The van der Waals surface area contributed by atoms with Crippen LogP contribution in [0, 0.1) is 0 Å². The van der Waals surface area contributed by atoms with Crippen molar-refractivity contribution in [3.63, 3.8) is 0 Å². The number of primary amides is 1. The van der Waals surface area contributed by atoms with Crippen molar-refractivity contribution in [3.8, 4) is 0 Å². The Morgan fingerprint density at radius 1 is 1.14 bits per heavy atom. The number of rotatable bonds is 7. The minimum Gasteiger partial charge on any atom is -0.365 e. The van der Waals surface area contributed by atoms with Gasteiger partial charge in [-0.25, -0.2) is 4.98 Å². The SMILES string of the molecule is CC(=O)Nc1cc(Nc2ncc(C(N)=O)c(NCc3ccccc3)n2)ccc1Cl. The molecule has 0 aliphatic rings. The second-order valence-electron chi connectivity index (χ2n) is 6.16. The molecule has 29 heavy (non-hydrogen) atoms. The highest BCUT2D eigenvalue weighted by Crippen LogP contribution is 2.27. The second kappa shape index (κ2) is 9.03. The van der Waals surface area contributed by atoms with Gasteiger partial charge in [-0.05, 0) is 23.8 Å². The average Bonchev–Trinajstić information content (AvgIpc) is 2.69. The molecule has 3 aromatic rings. The number of carbonyl (C=O) groups is 2. The summed E-state index contributed by atoms with van der Waals surface area (Å²) in [5.41, 5.74) is 7.71. The molecule has 2 aromatic carbocycles. The first-order chi connectivity index (χ1) is 13.9. The van der Waals surface area contributed by atoms with E-state index >= 15 is 0 Å². The van der Waals surface area contributed by atoms with Crippen LogP contribution in [-0.4, -0.2) is 21.8 Å². The maximum Gasteiger partial charge on any atom is 0.254 e. The maximum absolute atomic E-state index is 11.7. The maximum atomic E-state index is 11.7. The van der Waals surface area contributed by atoms with E-state index in [1.54, 1.807) is 18.2 Å². The number of nitrogens with zero attached hydrogens (tertiary/aromatic N) is 2. The molecule has 1 aromatic heterocycles. The summed E-state index contributed by atoms with van der Waals surface area (Å²) >= 11 is 6.09. The molecule has 0 saturated heterocycles. The molecule has 148 valence electrons. The van der Waals surface area contributed by atoms with E-state index in [1.807, 2.05) is 30.3 Å². The van der Waals surface area contributed by atoms with Crippen LogP contribution < -0.4 is 21.7 Å². The van der Waals surface area contributed by atoms with Crippen molar-refractivity contribution < 1.29 is 9.59 Å². The predicted molar refractivity (Wildman–Crippen MR) is 113 cm³/mol. The summed E-state index contributed by atoms with van der Waals surface area (Å²) in [6.07, 6.45) is 1.36. The van der Waals surface area contributed by atoms with Crippen LogP contribution in [0.3, 0.4) is 0 Å². The van der Waals surface area contributed by atoms with Gasteiger partial charge in [0.1, 0.15) is 5.82 Å². The van der Waals surface area contributed by atoms with Gasteiger partial charge < -0.3 is 21.7 Å². The van der Waals surface area contributed by atoms with Gasteiger partial charge in [0.15, 0.2) is 0 Å². The fourth-order valence-electron chi connectivity index (χ4n) is 2.56. The Labute approximate surface area is 172 Å². The lowest BCUT2D eigenvalue weighted by Crippen LogP contribution is -2.17. The highest BCUT2D eigenvalue weighted by atomic mass is 35.5. The van der Waals surface area contributed by atoms with Crippen molar-refractivity contribution in [2.24, 2.45) is 5.73 Å². The van der Waals surface area contributed by atoms with E-state index in [1.165, 1.54) is 13.1 Å². The van der Waals surface area contributed by atoms with Crippen molar-refractivity contribution in [1.29, 1.82) is 0 Å². The van der Waals surface area contributed by atoms with Gasteiger partial charge in [0, 0.05) is 25.4 Å². The lowest BCUT2D eigenvalue weighted by atomic mass is 10.2. The van der Waals surface area contributed by atoms with Crippen molar-refractivity contribution >= 4 is 46.6 Å². The lowest BCUT2D eigenvalue weighted by molar-refractivity contribution is -0.114. The molecular weight excluding hydrogens is 392 g/mol. The summed E-state index contributed by atoms with van der Waals surface area (Å²) in [4.78, 5) is 31.5. The topological polar surface area (TPSA) is 122 Å². The predicted octanol–water partition coefficient (Wildman–Crippen LogP) is 3.54. The number of carbonyl (C=O) groups excluding carboxylic acids is 2. The normalized spacial score (nSPS) is 10.3. The largest absolute Gasteiger partial charge is 0.365 e. The summed E-state index contributed by atoms with van der Waals surface area (Å²) < 4.78 is 0. The Bertz CT molecular complexity index is 1040. The summed E-state index contributed by atoms with van der Waals surface area (Å²) in [5, 5.41) is 9.19. The fraction of sp³-hybridized carbons (Fsp3) is 0.100. The van der Waals surface area contributed by atoms with Crippen LogP contribution in [0.4, 0.5) is 23.1 Å². The van der Waals surface area contributed by atoms with Crippen LogP contribution in [0.2, 0.25) is 5.02 Å². The Kier molecular flexibility index (Phi) is 6.25. The quantitative estimate of drug-likeness (QED) is 0.472. The van der Waals surface area contributed by atoms with Gasteiger partial charge >= 0.3 is 0 Å². The molecule has 0 radical (unpaired) electrons. The number of anilines is 4. The number of halogens is 1. The molecule has 0 atom stereocenters. The summed E-state index contributed by atoms with van der Waals surface area (Å²) in [6, 6.07) is 14.7. The highest BCUT2D eigenvalue weighted by molar-refractivity contribution is 6.33. The molecule has 0 unspecified atom stereocenters. The standard InChI is InChI=1S/C20H19ClN6O2/c1-12(28)25-17-9-14(7-8-16(17)21)26-20-24-11-15(18(22)29)19(27-20)23-10-13-5-3-2-4-6-13/h2-9,11H,10H2,1H3,(H2,22,29)(H,25,28)(H2,23,24,26,27). The van der Waals surface area contributed by atoms with Gasteiger partial charge in [-0.3, -0.25) is 9.59 Å². The second-order valence-corrected chi connectivity index (χ2v) is 6.57. The van der Waals surface area contributed by atoms with Gasteiger partial charge in [0.2, 0.25) is 11.9 Å². The van der Waals surface area contributed by atoms with Gasteiger partial charge in [0.25, 0.3) is 5.91 Å². The number of benzene rings is 2. The smallest absolute Gasteiger partial charge is 0.254 e. The first kappa shape index (κ1) is 20.1. The van der Waals surface area contributed by atoms with Crippen LogP contribution in [0.15, 0.2) is 54.7 Å². The minimum absolute atomic E-state index is 0.182. The monoisotopic (exact) mass is 410 g/mol. The molecule has 0 bridgehead atoms. The first-order valence-electron chi connectivity index (χ1n) is 8.71. The van der Waals surface area contributed by atoms with Crippen LogP contribution in [0.5, 0.6) is 0 Å². The number of hydrogen-bond acceptors (Lipinski definition) is 6. The Morgan fingerprint density at radius 3 is 2.59 bits per heavy atom. The zero-order valence-corrected chi connectivity index (χ0v) is 16.3. The number of nitrogens with two attached hydrogens (primary N) is 1. The van der Waals surface area contributed by atoms with Crippen LogP contribution in [-0.2, 0) is 11.3 Å². The van der Waals surface area contributed by atoms with Gasteiger partial charge in [-0.15, -0.1) is 0 Å². The van der Waals surface area contributed by atoms with Crippen LogP contribution in [0.25, 0.3) is 0 Å². The minimum atomic E-state index is -0.633. The molecule has 0 saturated carbocycles. The summed E-state index contributed by atoms with van der Waals surface area (Å²) in [7, 11) is 0. The lowest BCUT2D eigenvalue weighted by Gasteiger charge is -2.12. The van der Waals surface area contributed by atoms with Gasteiger partial charge in [0.05, 0.1) is 16.3 Å². The molecule has 5 N–H and O–H groups in total. The van der Waals surface area contributed by atoms with E-state index in [9.17, 15) is 9.59 Å². The third kappa shape index (κ3) is 5.43. The van der Waals surface area contributed by atoms with E-state index in [0.29, 0.717) is 28.8 Å². The Hall–Kier alpha value is -3.65. The number of hydrogen-bond donors (Lipinski definition) is 4. The molecule has 1 heterocycles. The molecule has 3 rings (SSSR count). The van der Waals surface area contributed by atoms with Crippen molar-refractivity contribution in [3.05, 3.63) is 70.9 Å². The zero-order chi connectivity index (χ0) is 20.8. The zero-order valence-electron chi connectivity index (χ0n) is 15.6. The number of nitrogens with one attached hydrogen (secondary N) is 3. The van der Waals surface area contributed by atoms with Crippen LogP contribution in [0.1, 0.15) is 22.8 Å². The van der Waals surface area contributed by atoms with Crippen molar-refractivity contribution in [2.45, 2.75) is 13.5 Å². The summed E-state index contributed by atoms with van der Waals surface area (Å²) in [6.45, 7) is 1.86. The average molecular weight is 411 g/mol. The van der Waals surface area contributed by atoms with E-state index in [0.717, 1.165) is 5.56 Å². The molecule has 0 aliphatic heterocycles. The fourth-order valence-corrected chi connectivity index (χ4v) is 2.72. The molecule has 2 amide bonds. The van der Waals surface area contributed by atoms with Gasteiger partial charge in [-0.2, -0.15) is 4.98 Å². The van der Waals surface area contributed by atoms with Crippen LogP contribution >= 0.6 is 11.6 Å². The summed E-state index contributed by atoms with van der Waals surface area (Å²) in [5.74, 6) is -0.304. The highest BCUT2D eigenvalue weighted by Gasteiger charge is 2.13. The Morgan fingerprint density at radius 2 is 1.90 bits per heavy atom. The van der Waals surface area contributed by atoms with Crippen molar-refractivity contribution in [2.75, 3.05) is 16.0 Å². The molecule has 0 fully saturated rings. The third-order valence-electron chi connectivity index (χ3n) is 3.89. The van der Waals surface area contributed by atoms with E-state index in [2.05, 4.69) is 25.9 Å². The molecule has 9 heteroatoms. The number of amides is 2. The van der Waals surface area contributed by atoms with Crippen molar-refractivity contribution in [1.82, 2.24) is 9.97 Å². The van der Waals surface area contributed by atoms with E-state index in [4.69, 9.17) is 17.3 Å². The molecular formula is C20H19ClN6O2. The Balaban J connectivity index is 1.83. The van der Waals surface area contributed by atoms with E-state index < -0.39 is 5.91 Å². The van der Waals surface area contributed by atoms with Gasteiger partial charge in [-0.1, -0.05) is 41.9 Å².